The summed E-state index contributed by atoms with van der Waals surface area (Å²) in [5.41, 5.74) is 2.04. The molecule has 1 aliphatic carbocycles. The largest absolute Gasteiger partial charge is 0.294 e. The van der Waals surface area contributed by atoms with Crippen LogP contribution in [0.2, 0.25) is 0 Å². The standard InChI is InChI=1S/C10H10OS/c11-10-6-8(12)5-7-3-1-2-4-9(7)10/h1-4,8,12H,5-6H2. The molecule has 0 saturated carbocycles. The lowest BCUT2D eigenvalue weighted by molar-refractivity contribution is 0.0975. The lowest BCUT2D eigenvalue weighted by atomic mass is 9.90. The number of hydrogen-bond donors (Lipinski definition) is 1. The Balaban J connectivity index is 2.47. The molecule has 0 aliphatic heterocycles. The van der Waals surface area contributed by atoms with E-state index >= 15 is 0 Å². The summed E-state index contributed by atoms with van der Waals surface area (Å²) in [6.07, 6.45) is 1.51. The number of carbonyl (C=O) groups is 1. The van der Waals surface area contributed by atoms with Gasteiger partial charge in [-0.25, -0.2) is 0 Å². The van der Waals surface area contributed by atoms with E-state index in [1.54, 1.807) is 0 Å². The van der Waals surface area contributed by atoms with Gasteiger partial charge in [0.25, 0.3) is 0 Å². The number of Topliss-reactive ketones (excluding diaryl/α,β-unsaturated/α-hetero) is 1. The molecule has 1 unspecified atom stereocenters. The summed E-state index contributed by atoms with van der Waals surface area (Å²) in [5.74, 6) is 0.233. The summed E-state index contributed by atoms with van der Waals surface area (Å²) < 4.78 is 0. The molecule has 1 aromatic carbocycles. The smallest absolute Gasteiger partial charge is 0.164 e. The first-order valence-corrected chi connectivity index (χ1v) is 4.58. The van der Waals surface area contributed by atoms with Gasteiger partial charge in [-0.3, -0.25) is 4.79 Å². The van der Waals surface area contributed by atoms with E-state index < -0.39 is 0 Å². The van der Waals surface area contributed by atoms with Crippen molar-refractivity contribution in [2.24, 2.45) is 0 Å². The molecule has 12 heavy (non-hydrogen) atoms. The second-order valence-electron chi connectivity index (χ2n) is 3.14. The van der Waals surface area contributed by atoms with Crippen LogP contribution in [-0.4, -0.2) is 11.0 Å². The van der Waals surface area contributed by atoms with Gasteiger partial charge < -0.3 is 0 Å². The van der Waals surface area contributed by atoms with Gasteiger partial charge in [0.1, 0.15) is 0 Å². The van der Waals surface area contributed by atoms with E-state index in [4.69, 9.17) is 0 Å². The fourth-order valence-electron chi connectivity index (χ4n) is 1.62. The number of thiol groups is 1. The van der Waals surface area contributed by atoms with E-state index in [0.717, 1.165) is 17.5 Å². The van der Waals surface area contributed by atoms with Crippen LogP contribution in [-0.2, 0) is 6.42 Å². The molecule has 0 fully saturated rings. The highest BCUT2D eigenvalue weighted by atomic mass is 32.1. The van der Waals surface area contributed by atoms with Crippen molar-refractivity contribution in [2.45, 2.75) is 18.1 Å². The fraction of sp³-hybridized carbons (Fsp3) is 0.300. The zero-order valence-corrected chi connectivity index (χ0v) is 7.55. The van der Waals surface area contributed by atoms with Crippen LogP contribution >= 0.6 is 12.6 Å². The average Bonchev–Trinajstić information content (AvgIpc) is 2.04. The quantitative estimate of drug-likeness (QED) is 0.602. The SMILES string of the molecule is O=C1CC(S)Cc2ccccc21. The molecule has 0 N–H and O–H groups in total. The Bertz CT molecular complexity index is 319. The monoisotopic (exact) mass is 178 g/mol. The zero-order valence-electron chi connectivity index (χ0n) is 6.66. The Labute approximate surface area is 77.2 Å². The van der Waals surface area contributed by atoms with Crippen LogP contribution in [0.15, 0.2) is 24.3 Å². The van der Waals surface area contributed by atoms with Crippen molar-refractivity contribution in [3.8, 4) is 0 Å². The first-order valence-electron chi connectivity index (χ1n) is 4.06. The third kappa shape index (κ3) is 1.27. The highest BCUT2D eigenvalue weighted by Crippen LogP contribution is 2.23. The molecule has 0 amide bonds. The van der Waals surface area contributed by atoms with Crippen molar-refractivity contribution < 1.29 is 4.79 Å². The molecule has 2 rings (SSSR count). The van der Waals surface area contributed by atoms with E-state index in [2.05, 4.69) is 12.6 Å². The Kier molecular flexibility index (Phi) is 1.93. The Morgan fingerprint density at radius 2 is 2.00 bits per heavy atom. The third-order valence-corrected chi connectivity index (χ3v) is 2.56. The summed E-state index contributed by atoms with van der Waals surface area (Å²) in [5, 5.41) is 0.215. The predicted octanol–water partition coefficient (Wildman–Crippen LogP) is 2.11. The van der Waals surface area contributed by atoms with Gasteiger partial charge in [0.05, 0.1) is 0 Å². The molecule has 0 saturated heterocycles. The molecular formula is C10H10OS. The zero-order chi connectivity index (χ0) is 8.55. The summed E-state index contributed by atoms with van der Waals surface area (Å²) in [6, 6.07) is 7.79. The topological polar surface area (TPSA) is 17.1 Å². The van der Waals surface area contributed by atoms with Crippen LogP contribution in [0, 0.1) is 0 Å². The van der Waals surface area contributed by atoms with E-state index in [1.165, 1.54) is 0 Å². The van der Waals surface area contributed by atoms with Crippen LogP contribution < -0.4 is 0 Å². The average molecular weight is 178 g/mol. The van der Waals surface area contributed by atoms with E-state index in [-0.39, 0.29) is 11.0 Å². The van der Waals surface area contributed by atoms with Crippen LogP contribution in [0.3, 0.4) is 0 Å². The number of ketones is 1. The minimum atomic E-state index is 0.215. The van der Waals surface area contributed by atoms with Gasteiger partial charge in [0, 0.05) is 17.2 Å². The summed E-state index contributed by atoms with van der Waals surface area (Å²) >= 11 is 4.32. The second kappa shape index (κ2) is 2.94. The molecule has 0 radical (unpaired) electrons. The maximum atomic E-state index is 11.4. The van der Waals surface area contributed by atoms with Crippen molar-refractivity contribution in [1.29, 1.82) is 0 Å². The lowest BCUT2D eigenvalue weighted by Gasteiger charge is -2.18. The van der Waals surface area contributed by atoms with E-state index in [1.807, 2.05) is 24.3 Å². The van der Waals surface area contributed by atoms with Gasteiger partial charge in [-0.05, 0) is 12.0 Å². The highest BCUT2D eigenvalue weighted by Gasteiger charge is 2.21. The van der Waals surface area contributed by atoms with Crippen molar-refractivity contribution >= 4 is 18.4 Å². The van der Waals surface area contributed by atoms with Crippen molar-refractivity contribution in [3.63, 3.8) is 0 Å². The highest BCUT2D eigenvalue weighted by molar-refractivity contribution is 7.81. The van der Waals surface area contributed by atoms with Crippen molar-refractivity contribution in [2.75, 3.05) is 0 Å². The Morgan fingerprint density at radius 1 is 1.25 bits per heavy atom. The molecule has 0 spiro atoms. The number of fused-ring (bicyclic) bond motifs is 1. The van der Waals surface area contributed by atoms with Crippen LogP contribution in [0.4, 0.5) is 0 Å². The first-order chi connectivity index (χ1) is 5.77. The van der Waals surface area contributed by atoms with Crippen LogP contribution in [0.5, 0.6) is 0 Å². The molecule has 0 heterocycles. The van der Waals surface area contributed by atoms with E-state index in [0.29, 0.717) is 6.42 Å². The molecule has 62 valence electrons. The summed E-state index contributed by atoms with van der Waals surface area (Å²) in [7, 11) is 0. The maximum absolute atomic E-state index is 11.4. The normalized spacial score (nSPS) is 22.1. The molecule has 0 bridgehead atoms. The minimum absolute atomic E-state index is 0.215. The fourth-order valence-corrected chi connectivity index (χ4v) is 1.98. The molecule has 1 aliphatic rings. The Morgan fingerprint density at radius 3 is 2.83 bits per heavy atom. The maximum Gasteiger partial charge on any atom is 0.164 e. The molecule has 2 heteroatoms. The molecule has 1 atom stereocenters. The Hall–Kier alpha value is -0.760. The molecular weight excluding hydrogens is 168 g/mol. The van der Waals surface area contributed by atoms with Crippen LogP contribution in [0.25, 0.3) is 0 Å². The third-order valence-electron chi connectivity index (χ3n) is 2.19. The molecule has 0 aromatic heterocycles. The predicted molar refractivity (Wildman–Crippen MR) is 51.9 cm³/mol. The van der Waals surface area contributed by atoms with Crippen molar-refractivity contribution in [1.82, 2.24) is 0 Å². The number of benzene rings is 1. The molecule has 1 aromatic rings. The van der Waals surface area contributed by atoms with Gasteiger partial charge in [-0.15, -0.1) is 0 Å². The molecule has 1 nitrogen and oxygen atoms in total. The van der Waals surface area contributed by atoms with Gasteiger partial charge in [-0.2, -0.15) is 12.6 Å². The van der Waals surface area contributed by atoms with E-state index in [9.17, 15) is 4.79 Å². The van der Waals surface area contributed by atoms with Crippen molar-refractivity contribution in [3.05, 3.63) is 35.4 Å². The minimum Gasteiger partial charge on any atom is -0.294 e. The second-order valence-corrected chi connectivity index (χ2v) is 3.87. The number of carbonyl (C=O) groups excluding carboxylic acids is 1. The van der Waals surface area contributed by atoms with Gasteiger partial charge in [0.15, 0.2) is 5.78 Å². The van der Waals surface area contributed by atoms with Crippen LogP contribution in [0.1, 0.15) is 22.3 Å². The first kappa shape index (κ1) is 7.87. The summed E-state index contributed by atoms with van der Waals surface area (Å²) in [6.45, 7) is 0. The number of hydrogen-bond acceptors (Lipinski definition) is 2. The summed E-state index contributed by atoms with van der Waals surface area (Å²) in [4.78, 5) is 11.4. The lowest BCUT2D eigenvalue weighted by Crippen LogP contribution is -2.19. The van der Waals surface area contributed by atoms with Gasteiger partial charge in [0.2, 0.25) is 0 Å². The van der Waals surface area contributed by atoms with Gasteiger partial charge in [-0.1, -0.05) is 24.3 Å². The van der Waals surface area contributed by atoms with Gasteiger partial charge >= 0.3 is 0 Å². The number of rotatable bonds is 0.